The molecule has 21 heavy (non-hydrogen) atoms. The Morgan fingerprint density at radius 2 is 1.95 bits per heavy atom. The molecule has 1 amide bonds. The molecule has 3 N–H and O–H groups in total. The molecular weight excluding hydrogens is 318 g/mol. The van der Waals surface area contributed by atoms with E-state index in [1.165, 1.54) is 18.2 Å². The molecule has 2 rings (SSSR count). The Labute approximate surface area is 129 Å². The summed E-state index contributed by atoms with van der Waals surface area (Å²) in [5.74, 6) is -3.08. The van der Waals surface area contributed by atoms with Crippen LogP contribution in [0.15, 0.2) is 47.4 Å². The van der Waals surface area contributed by atoms with Crippen LogP contribution in [0.25, 0.3) is 0 Å². The van der Waals surface area contributed by atoms with Crippen LogP contribution in [0.2, 0.25) is 5.02 Å². The molecule has 0 aliphatic heterocycles. The van der Waals surface area contributed by atoms with Crippen LogP contribution < -0.4 is 11.1 Å². The van der Waals surface area contributed by atoms with Gasteiger partial charge in [-0.05, 0) is 30.3 Å². The molecule has 0 bridgehead atoms. The zero-order valence-electron chi connectivity index (χ0n) is 10.6. The van der Waals surface area contributed by atoms with E-state index >= 15 is 0 Å². The van der Waals surface area contributed by atoms with Crippen molar-refractivity contribution in [3.8, 4) is 0 Å². The van der Waals surface area contributed by atoms with Crippen LogP contribution >= 0.6 is 23.4 Å². The number of thioether (sulfide) groups is 1. The minimum absolute atomic E-state index is 0.188. The van der Waals surface area contributed by atoms with Crippen LogP contribution in [0.3, 0.4) is 0 Å². The Morgan fingerprint density at radius 1 is 1.24 bits per heavy atom. The summed E-state index contributed by atoms with van der Waals surface area (Å²) in [4.78, 5) is 12.5. The van der Waals surface area contributed by atoms with Crippen molar-refractivity contribution in [1.29, 1.82) is 0 Å². The molecule has 110 valence electrons. The van der Waals surface area contributed by atoms with Crippen LogP contribution in [-0.2, 0) is 0 Å². The average Bonchev–Trinajstić information content (AvgIpc) is 2.43. The Balaban J connectivity index is 2.25. The maximum Gasteiger partial charge on any atom is 0.288 e. The van der Waals surface area contributed by atoms with Crippen molar-refractivity contribution < 1.29 is 13.6 Å². The predicted molar refractivity (Wildman–Crippen MR) is 82.1 cm³/mol. The van der Waals surface area contributed by atoms with Gasteiger partial charge < -0.3 is 11.1 Å². The number of rotatable bonds is 4. The predicted octanol–water partition coefficient (Wildman–Crippen LogP) is 4.49. The van der Waals surface area contributed by atoms with Crippen molar-refractivity contribution in [2.75, 3.05) is 11.1 Å². The lowest BCUT2D eigenvalue weighted by molar-refractivity contribution is 0.102. The van der Waals surface area contributed by atoms with Crippen LogP contribution in [-0.4, -0.2) is 11.7 Å². The number of carbonyl (C=O) groups excluding carboxylic acids is 1. The van der Waals surface area contributed by atoms with E-state index in [0.717, 1.165) is 0 Å². The highest BCUT2D eigenvalue weighted by Crippen LogP contribution is 2.32. The van der Waals surface area contributed by atoms with Gasteiger partial charge >= 0.3 is 0 Å². The molecule has 2 aromatic carbocycles. The Kier molecular flexibility index (Phi) is 5.03. The summed E-state index contributed by atoms with van der Waals surface area (Å²) in [5, 5.41) is 2.80. The molecule has 0 fully saturated rings. The van der Waals surface area contributed by atoms with Crippen LogP contribution in [0.5, 0.6) is 0 Å². The minimum atomic E-state index is -2.57. The summed E-state index contributed by atoms with van der Waals surface area (Å²) in [6.45, 7) is 0. The van der Waals surface area contributed by atoms with Gasteiger partial charge in [-0.15, -0.1) is 0 Å². The van der Waals surface area contributed by atoms with Gasteiger partial charge in [0.1, 0.15) is 0 Å². The molecule has 2 aromatic rings. The third-order valence-corrected chi connectivity index (χ3v) is 3.70. The standard InChI is InChI=1S/C14H11ClF2N2OS/c15-10-6-5-8(18)7-9(10)13(20)19-11-3-1-2-4-12(11)21-14(16)17/h1-7,14H,18H2,(H,19,20). The number of para-hydroxylation sites is 1. The van der Waals surface area contributed by atoms with Crippen LogP contribution in [0.4, 0.5) is 20.2 Å². The zero-order valence-corrected chi connectivity index (χ0v) is 12.2. The Morgan fingerprint density at radius 3 is 2.67 bits per heavy atom. The summed E-state index contributed by atoms with van der Waals surface area (Å²) in [6, 6.07) is 10.8. The molecule has 0 unspecified atom stereocenters. The van der Waals surface area contributed by atoms with E-state index in [0.29, 0.717) is 23.1 Å². The number of nitrogens with one attached hydrogen (secondary N) is 1. The lowest BCUT2D eigenvalue weighted by Crippen LogP contribution is -2.13. The molecule has 0 atom stereocenters. The summed E-state index contributed by atoms with van der Waals surface area (Å²) in [6.07, 6.45) is 0. The molecule has 0 radical (unpaired) electrons. The lowest BCUT2D eigenvalue weighted by Gasteiger charge is -2.11. The van der Waals surface area contributed by atoms with Crippen molar-refractivity contribution in [2.24, 2.45) is 0 Å². The zero-order chi connectivity index (χ0) is 15.4. The SMILES string of the molecule is Nc1ccc(Cl)c(C(=O)Nc2ccccc2SC(F)F)c1. The summed E-state index contributed by atoms with van der Waals surface area (Å²) in [7, 11) is 0. The number of halogens is 3. The maximum absolute atomic E-state index is 12.5. The monoisotopic (exact) mass is 328 g/mol. The fourth-order valence-electron chi connectivity index (χ4n) is 1.68. The Bertz CT molecular complexity index is 667. The third-order valence-electron chi connectivity index (χ3n) is 2.59. The number of nitrogens with two attached hydrogens (primary N) is 1. The first-order chi connectivity index (χ1) is 9.97. The number of anilines is 2. The normalized spacial score (nSPS) is 10.7. The second-order valence-electron chi connectivity index (χ2n) is 4.07. The number of nitrogen functional groups attached to an aromatic ring is 1. The number of hydrogen-bond acceptors (Lipinski definition) is 3. The largest absolute Gasteiger partial charge is 0.399 e. The highest BCUT2D eigenvalue weighted by atomic mass is 35.5. The van der Waals surface area contributed by atoms with Crippen molar-refractivity contribution in [3.05, 3.63) is 53.1 Å². The molecule has 0 aliphatic rings. The van der Waals surface area contributed by atoms with Gasteiger partial charge in [0.2, 0.25) is 0 Å². The summed E-state index contributed by atoms with van der Waals surface area (Å²) in [5.41, 5.74) is 6.49. The van der Waals surface area contributed by atoms with Crippen molar-refractivity contribution in [1.82, 2.24) is 0 Å². The molecule has 0 aliphatic carbocycles. The first kappa shape index (κ1) is 15.6. The molecule has 7 heteroatoms. The second kappa shape index (κ2) is 6.78. The first-order valence-corrected chi connectivity index (χ1v) is 7.13. The molecule has 0 aromatic heterocycles. The van der Waals surface area contributed by atoms with E-state index in [9.17, 15) is 13.6 Å². The number of alkyl halides is 2. The number of hydrogen-bond donors (Lipinski definition) is 2. The van der Waals surface area contributed by atoms with Crippen molar-refractivity contribution >= 4 is 40.6 Å². The van der Waals surface area contributed by atoms with E-state index in [1.807, 2.05) is 0 Å². The summed E-state index contributed by atoms with van der Waals surface area (Å²) < 4.78 is 25.0. The van der Waals surface area contributed by atoms with E-state index in [1.54, 1.807) is 24.3 Å². The van der Waals surface area contributed by atoms with E-state index < -0.39 is 11.7 Å². The first-order valence-electron chi connectivity index (χ1n) is 5.87. The molecule has 0 spiro atoms. The molecule has 0 heterocycles. The summed E-state index contributed by atoms with van der Waals surface area (Å²) >= 11 is 6.30. The van der Waals surface area contributed by atoms with Gasteiger partial charge in [-0.25, -0.2) is 0 Å². The van der Waals surface area contributed by atoms with E-state index in [-0.39, 0.29) is 15.5 Å². The highest BCUT2D eigenvalue weighted by Gasteiger charge is 2.15. The third kappa shape index (κ3) is 4.09. The van der Waals surface area contributed by atoms with Gasteiger partial charge in [-0.2, -0.15) is 8.78 Å². The van der Waals surface area contributed by atoms with Crippen LogP contribution in [0, 0.1) is 0 Å². The molecular formula is C14H11ClF2N2OS. The fourth-order valence-corrected chi connectivity index (χ4v) is 2.47. The molecule has 0 saturated heterocycles. The van der Waals surface area contributed by atoms with Crippen LogP contribution in [0.1, 0.15) is 10.4 Å². The molecule has 3 nitrogen and oxygen atoms in total. The van der Waals surface area contributed by atoms with Crippen molar-refractivity contribution in [2.45, 2.75) is 10.7 Å². The molecule has 0 saturated carbocycles. The Hall–Kier alpha value is -1.79. The number of amides is 1. The van der Waals surface area contributed by atoms with Gasteiger partial charge in [0, 0.05) is 10.6 Å². The lowest BCUT2D eigenvalue weighted by atomic mass is 10.2. The maximum atomic E-state index is 12.5. The highest BCUT2D eigenvalue weighted by molar-refractivity contribution is 7.99. The number of benzene rings is 2. The smallest absolute Gasteiger partial charge is 0.288 e. The topological polar surface area (TPSA) is 55.1 Å². The second-order valence-corrected chi connectivity index (χ2v) is 5.51. The van der Waals surface area contributed by atoms with Gasteiger partial charge in [0.15, 0.2) is 0 Å². The van der Waals surface area contributed by atoms with E-state index in [2.05, 4.69) is 5.32 Å². The minimum Gasteiger partial charge on any atom is -0.399 e. The number of carbonyl (C=O) groups is 1. The fraction of sp³-hybridized carbons (Fsp3) is 0.0714. The van der Waals surface area contributed by atoms with E-state index in [4.69, 9.17) is 17.3 Å². The van der Waals surface area contributed by atoms with Crippen molar-refractivity contribution in [3.63, 3.8) is 0 Å². The quantitative estimate of drug-likeness (QED) is 0.642. The van der Waals surface area contributed by atoms with Gasteiger partial charge in [0.05, 0.1) is 16.3 Å². The average molecular weight is 329 g/mol. The van der Waals surface area contributed by atoms with Gasteiger partial charge in [-0.3, -0.25) is 4.79 Å². The van der Waals surface area contributed by atoms with Gasteiger partial charge in [0.25, 0.3) is 11.7 Å². The van der Waals surface area contributed by atoms with Gasteiger partial charge in [-0.1, -0.05) is 35.5 Å².